The number of benzene rings is 2. The van der Waals surface area contributed by atoms with Crippen LogP contribution in [0.15, 0.2) is 36.4 Å². The summed E-state index contributed by atoms with van der Waals surface area (Å²) in [5.41, 5.74) is 0.507. The number of halogens is 2. The molecule has 0 N–H and O–H groups in total. The van der Waals surface area contributed by atoms with Gasteiger partial charge in [-0.15, -0.1) is 0 Å². The first-order valence-corrected chi connectivity index (χ1v) is 9.57. The molecule has 0 saturated heterocycles. The summed E-state index contributed by atoms with van der Waals surface area (Å²) in [6, 6.07) is 8.85. The number of ether oxygens (including phenoxy) is 1. The van der Waals surface area contributed by atoms with Crippen molar-refractivity contribution in [2.24, 2.45) is 0 Å². The van der Waals surface area contributed by atoms with Crippen LogP contribution in [0.3, 0.4) is 0 Å². The molecule has 5 nitrogen and oxygen atoms in total. The van der Waals surface area contributed by atoms with Gasteiger partial charge in [0.05, 0.1) is 11.8 Å². The number of fused-ring (bicyclic) bond motifs is 1. The van der Waals surface area contributed by atoms with E-state index in [4.69, 9.17) is 4.74 Å². The van der Waals surface area contributed by atoms with E-state index in [2.05, 4.69) is 4.98 Å². The fourth-order valence-electron chi connectivity index (χ4n) is 2.80. The fraction of sp³-hybridized carbons (Fsp3) is 0.300. The average Bonchev–Trinajstić information content (AvgIpc) is 3.08. The molecule has 0 saturated carbocycles. The maximum atomic E-state index is 14.1. The lowest BCUT2D eigenvalue weighted by Crippen LogP contribution is -2.33. The average molecular weight is 405 g/mol. The molecule has 0 spiro atoms. The number of methoxy groups -OCH3 is 1. The topological polar surface area (TPSA) is 45.7 Å². The molecule has 28 heavy (non-hydrogen) atoms. The van der Waals surface area contributed by atoms with E-state index >= 15 is 0 Å². The van der Waals surface area contributed by atoms with Crippen LogP contribution >= 0.6 is 11.3 Å². The quantitative estimate of drug-likeness (QED) is 0.592. The number of nitrogens with zero attached hydrogens (tertiary/aromatic N) is 3. The molecule has 1 heterocycles. The largest absolute Gasteiger partial charge is 0.497 e. The van der Waals surface area contributed by atoms with Crippen LogP contribution in [0, 0.1) is 11.6 Å². The van der Waals surface area contributed by atoms with Crippen LogP contribution < -0.4 is 9.64 Å². The Morgan fingerprint density at radius 2 is 1.96 bits per heavy atom. The zero-order valence-corrected chi connectivity index (χ0v) is 16.7. The van der Waals surface area contributed by atoms with Crippen LogP contribution in [0.2, 0.25) is 0 Å². The van der Waals surface area contributed by atoms with Gasteiger partial charge in [-0.3, -0.25) is 9.69 Å². The van der Waals surface area contributed by atoms with Crippen molar-refractivity contribution in [2.45, 2.75) is 6.42 Å². The summed E-state index contributed by atoms with van der Waals surface area (Å²) in [6.45, 7) is 1.17. The van der Waals surface area contributed by atoms with Gasteiger partial charge in [-0.25, -0.2) is 13.8 Å². The van der Waals surface area contributed by atoms with Gasteiger partial charge in [0.15, 0.2) is 10.9 Å². The highest BCUT2D eigenvalue weighted by atomic mass is 32.1. The molecule has 2 aromatic carbocycles. The van der Waals surface area contributed by atoms with E-state index in [1.54, 1.807) is 24.3 Å². The lowest BCUT2D eigenvalue weighted by molar-refractivity contribution is 0.0985. The number of thiazole rings is 1. The molecule has 0 fully saturated rings. The summed E-state index contributed by atoms with van der Waals surface area (Å²) in [5, 5.41) is 0.339. The number of hydrogen-bond donors (Lipinski definition) is 0. The summed E-state index contributed by atoms with van der Waals surface area (Å²) in [6.07, 6.45) is 0.704. The van der Waals surface area contributed by atoms with Crippen LogP contribution in [0.25, 0.3) is 10.2 Å². The summed E-state index contributed by atoms with van der Waals surface area (Å²) in [4.78, 5) is 21.0. The van der Waals surface area contributed by atoms with Gasteiger partial charge in [-0.05, 0) is 51.3 Å². The van der Waals surface area contributed by atoms with Gasteiger partial charge in [0.2, 0.25) is 0 Å². The molecule has 0 aliphatic heterocycles. The Morgan fingerprint density at radius 3 is 2.68 bits per heavy atom. The number of aromatic nitrogens is 1. The van der Waals surface area contributed by atoms with E-state index in [-0.39, 0.29) is 11.4 Å². The van der Waals surface area contributed by atoms with Gasteiger partial charge in [0.25, 0.3) is 5.91 Å². The van der Waals surface area contributed by atoms with Gasteiger partial charge in [-0.1, -0.05) is 17.4 Å². The first-order valence-electron chi connectivity index (χ1n) is 8.75. The van der Waals surface area contributed by atoms with E-state index < -0.39 is 11.6 Å². The standard InChI is InChI=1S/C20H21F2N3O2S/c1-24(2)8-5-9-25(19(26)13-6-4-7-15(10-13)27-3)20-23-18-16(22)11-14(21)12-17(18)28-20/h4,6-7,10-12H,5,8-9H2,1-3H3. The zero-order valence-electron chi connectivity index (χ0n) is 15.9. The first-order chi connectivity index (χ1) is 13.4. The lowest BCUT2D eigenvalue weighted by Gasteiger charge is -2.21. The second-order valence-electron chi connectivity index (χ2n) is 6.58. The lowest BCUT2D eigenvalue weighted by atomic mass is 10.2. The second kappa shape index (κ2) is 8.62. The monoisotopic (exact) mass is 405 g/mol. The van der Waals surface area contributed by atoms with Crippen molar-refractivity contribution in [3.63, 3.8) is 0 Å². The molecular weight excluding hydrogens is 384 g/mol. The molecule has 3 rings (SSSR count). The number of rotatable bonds is 7. The number of anilines is 1. The Labute approximate surface area is 166 Å². The number of amides is 1. The van der Waals surface area contributed by atoms with Gasteiger partial charge in [0.1, 0.15) is 17.1 Å². The van der Waals surface area contributed by atoms with Gasteiger partial charge in [-0.2, -0.15) is 0 Å². The summed E-state index contributed by atoms with van der Waals surface area (Å²) >= 11 is 1.09. The van der Waals surface area contributed by atoms with Crippen molar-refractivity contribution in [1.29, 1.82) is 0 Å². The number of hydrogen-bond acceptors (Lipinski definition) is 5. The second-order valence-corrected chi connectivity index (χ2v) is 7.59. The van der Waals surface area contributed by atoms with E-state index in [1.165, 1.54) is 18.1 Å². The molecule has 0 bridgehead atoms. The van der Waals surface area contributed by atoms with Crippen LogP contribution in [-0.4, -0.2) is 50.1 Å². The van der Waals surface area contributed by atoms with Crippen molar-refractivity contribution in [2.75, 3.05) is 39.2 Å². The third-order valence-electron chi connectivity index (χ3n) is 4.18. The van der Waals surface area contributed by atoms with Gasteiger partial charge >= 0.3 is 0 Å². The maximum absolute atomic E-state index is 14.1. The SMILES string of the molecule is COc1cccc(C(=O)N(CCCN(C)C)c2nc3c(F)cc(F)cc3s2)c1. The normalized spacial score (nSPS) is 11.2. The van der Waals surface area contributed by atoms with Crippen molar-refractivity contribution < 1.29 is 18.3 Å². The van der Waals surface area contributed by atoms with Crippen molar-refractivity contribution >= 4 is 32.6 Å². The molecule has 8 heteroatoms. The summed E-state index contributed by atoms with van der Waals surface area (Å²) < 4.78 is 33.2. The van der Waals surface area contributed by atoms with Gasteiger partial charge < -0.3 is 9.64 Å². The molecule has 0 unspecified atom stereocenters. The molecule has 1 amide bonds. The Bertz CT molecular complexity index is 991. The van der Waals surface area contributed by atoms with Crippen LogP contribution in [-0.2, 0) is 0 Å². The molecule has 3 aromatic rings. The first kappa shape index (κ1) is 20.2. The van der Waals surface area contributed by atoms with E-state index in [9.17, 15) is 13.6 Å². The fourth-order valence-corrected chi connectivity index (χ4v) is 3.83. The van der Waals surface area contributed by atoms with Crippen molar-refractivity contribution in [1.82, 2.24) is 9.88 Å². The zero-order chi connectivity index (χ0) is 20.3. The highest BCUT2D eigenvalue weighted by Gasteiger charge is 2.23. The number of carbonyl (C=O) groups excluding carboxylic acids is 1. The van der Waals surface area contributed by atoms with Crippen LogP contribution in [0.5, 0.6) is 5.75 Å². The minimum atomic E-state index is -0.737. The Balaban J connectivity index is 1.98. The van der Waals surface area contributed by atoms with E-state index in [0.717, 1.165) is 23.9 Å². The summed E-state index contributed by atoms with van der Waals surface area (Å²) in [5.74, 6) is -1.10. The predicted molar refractivity (Wildman–Crippen MR) is 107 cm³/mol. The Morgan fingerprint density at radius 1 is 1.18 bits per heavy atom. The summed E-state index contributed by atoms with van der Waals surface area (Å²) in [7, 11) is 5.43. The van der Waals surface area contributed by atoms with E-state index in [0.29, 0.717) is 34.1 Å². The highest BCUT2D eigenvalue weighted by molar-refractivity contribution is 7.22. The van der Waals surface area contributed by atoms with Crippen LogP contribution in [0.4, 0.5) is 13.9 Å². The third kappa shape index (κ3) is 4.45. The molecule has 1 aromatic heterocycles. The maximum Gasteiger partial charge on any atom is 0.260 e. The van der Waals surface area contributed by atoms with Crippen LogP contribution in [0.1, 0.15) is 16.8 Å². The smallest absolute Gasteiger partial charge is 0.260 e. The highest BCUT2D eigenvalue weighted by Crippen LogP contribution is 2.32. The molecular formula is C20H21F2N3O2S. The van der Waals surface area contributed by atoms with E-state index in [1.807, 2.05) is 19.0 Å². The van der Waals surface area contributed by atoms with Crippen molar-refractivity contribution in [3.05, 3.63) is 53.6 Å². The third-order valence-corrected chi connectivity index (χ3v) is 5.21. The molecule has 148 valence electrons. The molecule has 0 aliphatic rings. The molecule has 0 aliphatic carbocycles. The molecule has 0 atom stereocenters. The number of carbonyl (C=O) groups is 1. The van der Waals surface area contributed by atoms with Crippen molar-refractivity contribution in [3.8, 4) is 5.75 Å². The Kier molecular flexibility index (Phi) is 6.21. The molecule has 0 radical (unpaired) electrons. The Hall–Kier alpha value is -2.58. The predicted octanol–water partition coefficient (Wildman–Crippen LogP) is 4.18. The minimum Gasteiger partial charge on any atom is -0.497 e. The minimum absolute atomic E-state index is 0.0671. The van der Waals surface area contributed by atoms with Gasteiger partial charge in [0, 0.05) is 18.2 Å².